The number of ether oxygens (including phenoxy) is 2. The Kier molecular flexibility index (Phi) is 7.52. The van der Waals surface area contributed by atoms with E-state index in [4.69, 9.17) is 21.1 Å². The van der Waals surface area contributed by atoms with Crippen LogP contribution < -0.4 is 9.47 Å². The second kappa shape index (κ2) is 10.5. The van der Waals surface area contributed by atoms with Crippen LogP contribution in [0.1, 0.15) is 97.0 Å². The molecule has 6 heteroatoms. The van der Waals surface area contributed by atoms with E-state index in [-0.39, 0.29) is 22.4 Å². The van der Waals surface area contributed by atoms with Crippen LogP contribution in [0.25, 0.3) is 0 Å². The monoisotopic (exact) mass is 551 g/mol. The molecule has 0 aromatic heterocycles. The molecule has 39 heavy (non-hydrogen) atoms. The summed E-state index contributed by atoms with van der Waals surface area (Å²) in [5.74, 6) is 0.752. The van der Waals surface area contributed by atoms with Crippen molar-refractivity contribution < 1.29 is 19.1 Å². The number of carbonyl (C=O) groups is 2. The average molecular weight is 552 g/mol. The predicted octanol–water partition coefficient (Wildman–Crippen LogP) is 7.93. The summed E-state index contributed by atoms with van der Waals surface area (Å²) < 4.78 is 11.5. The minimum Gasteiger partial charge on any atom is -0.493 e. The quantitative estimate of drug-likeness (QED) is 0.336. The normalized spacial score (nSPS) is 23.5. The number of rotatable bonds is 6. The van der Waals surface area contributed by atoms with Crippen LogP contribution in [0.15, 0.2) is 47.3 Å². The van der Waals surface area contributed by atoms with E-state index < -0.39 is 5.92 Å². The van der Waals surface area contributed by atoms with Gasteiger partial charge in [-0.2, -0.15) is 0 Å². The van der Waals surface area contributed by atoms with Crippen LogP contribution in [0.3, 0.4) is 0 Å². The van der Waals surface area contributed by atoms with Crippen molar-refractivity contribution in [3.05, 3.63) is 57.9 Å². The molecule has 0 saturated heterocycles. The Morgan fingerprint density at radius 1 is 0.949 bits per heavy atom. The fourth-order valence-corrected chi connectivity index (χ4v) is 7.57. The van der Waals surface area contributed by atoms with Crippen LogP contribution in [0.5, 0.6) is 11.5 Å². The molecule has 3 aliphatic carbocycles. The number of ketones is 2. The topological polar surface area (TPSA) is 55.8 Å². The van der Waals surface area contributed by atoms with Gasteiger partial charge in [0.05, 0.1) is 12.1 Å². The Morgan fingerprint density at radius 3 is 2.03 bits per heavy atom. The number of benzene rings is 1. The molecule has 0 atom stereocenters. The third kappa shape index (κ3) is 5.19. The molecule has 0 bridgehead atoms. The number of hydrogen-bond donors (Lipinski definition) is 0. The van der Waals surface area contributed by atoms with E-state index in [1.54, 1.807) is 13.2 Å². The van der Waals surface area contributed by atoms with Gasteiger partial charge in [0.25, 0.3) is 0 Å². The van der Waals surface area contributed by atoms with Crippen LogP contribution in [0.4, 0.5) is 0 Å². The fraction of sp³-hybridized carbons (Fsp3) is 0.576. The van der Waals surface area contributed by atoms with Crippen molar-refractivity contribution in [2.45, 2.75) is 97.4 Å². The minimum absolute atomic E-state index is 0.137. The Morgan fingerprint density at radius 2 is 1.51 bits per heavy atom. The lowest BCUT2D eigenvalue weighted by Gasteiger charge is -2.52. The molecule has 1 aromatic carbocycles. The van der Waals surface area contributed by atoms with Crippen molar-refractivity contribution >= 4 is 23.2 Å². The first kappa shape index (κ1) is 28.0. The average Bonchev–Trinajstić information content (AvgIpc) is 2.85. The summed E-state index contributed by atoms with van der Waals surface area (Å²) in [4.78, 5) is 30.7. The van der Waals surface area contributed by atoms with E-state index in [0.717, 1.165) is 53.8 Å². The van der Waals surface area contributed by atoms with E-state index in [9.17, 15) is 9.59 Å². The highest BCUT2D eigenvalue weighted by molar-refractivity contribution is 6.32. The fourth-order valence-electron chi connectivity index (χ4n) is 7.30. The highest BCUT2D eigenvalue weighted by Gasteiger charge is 2.50. The molecule has 1 fully saturated rings. The van der Waals surface area contributed by atoms with Gasteiger partial charge >= 0.3 is 0 Å². The van der Waals surface area contributed by atoms with Gasteiger partial charge in [-0.15, -0.1) is 0 Å². The van der Waals surface area contributed by atoms with Crippen molar-refractivity contribution in [3.63, 3.8) is 0 Å². The standard InChI is InChI=1S/C33H42ClNO4/c1-7-13-39-31-22(34)14-20(15-27(31)38-6)28-29-23(16-32(2,3)18-25(29)36)35(21-11-9-8-10-12-21)24-17-33(4,5)19-26(37)30(24)28/h7,14-15,21,28H,1,8-13,16-19H2,2-6H3. The molecule has 0 amide bonds. The highest BCUT2D eigenvalue weighted by Crippen LogP contribution is 2.56. The summed E-state index contributed by atoms with van der Waals surface area (Å²) in [5, 5.41) is 0.400. The van der Waals surface area contributed by atoms with E-state index >= 15 is 0 Å². The molecule has 5 nitrogen and oxygen atoms in total. The lowest BCUT2D eigenvalue weighted by Crippen LogP contribution is -2.48. The maximum Gasteiger partial charge on any atom is 0.180 e. The molecule has 1 heterocycles. The molecular weight excluding hydrogens is 510 g/mol. The lowest BCUT2D eigenvalue weighted by molar-refractivity contribution is -0.119. The van der Waals surface area contributed by atoms with Crippen molar-refractivity contribution in [2.24, 2.45) is 10.8 Å². The molecule has 1 aliphatic heterocycles. The molecule has 0 spiro atoms. The molecule has 5 rings (SSSR count). The summed E-state index contributed by atoms with van der Waals surface area (Å²) in [6.45, 7) is 12.8. The first-order valence-corrected chi connectivity index (χ1v) is 14.8. The van der Waals surface area contributed by atoms with Crippen LogP contribution in [-0.4, -0.2) is 36.2 Å². The van der Waals surface area contributed by atoms with Crippen LogP contribution >= 0.6 is 11.6 Å². The molecule has 1 saturated carbocycles. The summed E-state index contributed by atoms with van der Waals surface area (Å²) in [7, 11) is 1.58. The molecule has 4 aliphatic rings. The van der Waals surface area contributed by atoms with E-state index in [1.165, 1.54) is 19.3 Å². The van der Waals surface area contributed by atoms with Crippen molar-refractivity contribution in [1.29, 1.82) is 0 Å². The first-order valence-electron chi connectivity index (χ1n) is 14.4. The van der Waals surface area contributed by atoms with Gasteiger partial charge in [0, 0.05) is 47.3 Å². The molecule has 210 valence electrons. The number of carbonyl (C=O) groups excluding carboxylic acids is 2. The Labute approximate surface area is 238 Å². The van der Waals surface area contributed by atoms with Gasteiger partial charge in [-0.1, -0.05) is 71.2 Å². The third-order valence-electron chi connectivity index (χ3n) is 8.82. The van der Waals surface area contributed by atoms with Crippen molar-refractivity contribution in [3.8, 4) is 11.5 Å². The highest BCUT2D eigenvalue weighted by atomic mass is 35.5. The summed E-state index contributed by atoms with van der Waals surface area (Å²) in [6, 6.07) is 4.09. The molecule has 1 aromatic rings. The maximum absolute atomic E-state index is 14.1. The SMILES string of the molecule is C=CCOc1c(Cl)cc(C2C3=C(CC(C)(C)CC3=O)N(C3CCCCC3)C3=C2C(=O)CC(C)(C)C3)cc1OC. The maximum atomic E-state index is 14.1. The third-order valence-corrected chi connectivity index (χ3v) is 9.10. The smallest absolute Gasteiger partial charge is 0.180 e. The number of nitrogens with zero attached hydrogens (tertiary/aromatic N) is 1. The van der Waals surface area contributed by atoms with Crippen molar-refractivity contribution in [1.82, 2.24) is 4.90 Å². The zero-order valence-corrected chi connectivity index (χ0v) is 24.9. The van der Waals surface area contributed by atoms with Gasteiger partial charge in [0.2, 0.25) is 0 Å². The summed E-state index contributed by atoms with van der Waals surface area (Å²) in [5.41, 5.74) is 4.34. The molecular formula is C33H42ClNO4. The summed E-state index contributed by atoms with van der Waals surface area (Å²) in [6.07, 6.45) is 10.0. The van der Waals surface area contributed by atoms with Gasteiger partial charge < -0.3 is 14.4 Å². The predicted molar refractivity (Wildman–Crippen MR) is 155 cm³/mol. The number of methoxy groups -OCH3 is 1. The molecule has 0 radical (unpaired) electrons. The number of Topliss-reactive ketones (excluding diaryl/α,β-unsaturated/α-hetero) is 2. The zero-order valence-electron chi connectivity index (χ0n) is 24.1. The second-order valence-electron chi connectivity index (χ2n) is 13.3. The Balaban J connectivity index is 1.76. The van der Waals surface area contributed by atoms with Gasteiger partial charge in [0.1, 0.15) is 6.61 Å². The zero-order chi connectivity index (χ0) is 28.1. The van der Waals surface area contributed by atoms with E-state index in [2.05, 4.69) is 39.2 Å². The minimum atomic E-state index is -0.457. The van der Waals surface area contributed by atoms with Crippen molar-refractivity contribution in [2.75, 3.05) is 13.7 Å². The largest absolute Gasteiger partial charge is 0.493 e. The number of hydrogen-bond acceptors (Lipinski definition) is 5. The van der Waals surface area contributed by atoms with Gasteiger partial charge in [-0.25, -0.2) is 0 Å². The number of halogens is 1. The van der Waals surface area contributed by atoms with Crippen LogP contribution in [0, 0.1) is 10.8 Å². The number of allylic oxidation sites excluding steroid dienone is 4. The second-order valence-corrected chi connectivity index (χ2v) is 13.7. The van der Waals surface area contributed by atoms with E-state index in [1.807, 2.05) is 12.1 Å². The molecule has 0 N–H and O–H groups in total. The summed E-state index contributed by atoms with van der Waals surface area (Å²) >= 11 is 6.78. The lowest BCUT2D eigenvalue weighted by atomic mass is 9.63. The van der Waals surface area contributed by atoms with Crippen LogP contribution in [-0.2, 0) is 9.59 Å². The first-order chi connectivity index (χ1) is 18.5. The Bertz CT molecular complexity index is 1210. The van der Waals surface area contributed by atoms with Crippen LogP contribution in [0.2, 0.25) is 5.02 Å². The molecule has 0 unspecified atom stereocenters. The Hall–Kier alpha value is -2.53. The van der Waals surface area contributed by atoms with Gasteiger partial charge in [-0.3, -0.25) is 9.59 Å². The van der Waals surface area contributed by atoms with Gasteiger partial charge in [-0.05, 0) is 54.2 Å². The van der Waals surface area contributed by atoms with E-state index in [0.29, 0.717) is 42.0 Å². The van der Waals surface area contributed by atoms with Gasteiger partial charge in [0.15, 0.2) is 23.1 Å².